The molecular formula is C11H22N2O2S. The standard InChI is InChI=1S/C11H22N2O2S/c1-9(2)10-6-12-7-11(13-10)4-3-5-16(14,15)8-11/h9-10,12-13H,3-8H2,1-2H3/t10-,11?/m0/s1. The van der Waals surface area contributed by atoms with Gasteiger partial charge in [-0.05, 0) is 18.8 Å². The fraction of sp³-hybridized carbons (Fsp3) is 1.00. The summed E-state index contributed by atoms with van der Waals surface area (Å²) in [5, 5.41) is 6.97. The topological polar surface area (TPSA) is 58.2 Å². The molecule has 2 N–H and O–H groups in total. The molecule has 2 fully saturated rings. The molecule has 0 aromatic carbocycles. The van der Waals surface area contributed by atoms with Gasteiger partial charge in [-0.1, -0.05) is 13.8 Å². The van der Waals surface area contributed by atoms with Gasteiger partial charge in [0.1, 0.15) is 0 Å². The largest absolute Gasteiger partial charge is 0.313 e. The first-order valence-corrected chi connectivity index (χ1v) is 7.93. The third kappa shape index (κ3) is 2.57. The zero-order chi connectivity index (χ0) is 11.8. The molecule has 0 radical (unpaired) electrons. The second kappa shape index (κ2) is 4.27. The summed E-state index contributed by atoms with van der Waals surface area (Å²) >= 11 is 0. The second-order valence-electron chi connectivity index (χ2n) is 5.60. The molecule has 2 atom stereocenters. The molecule has 0 amide bonds. The number of hydrogen-bond acceptors (Lipinski definition) is 4. The highest BCUT2D eigenvalue weighted by Gasteiger charge is 2.42. The van der Waals surface area contributed by atoms with Crippen LogP contribution in [-0.2, 0) is 9.84 Å². The van der Waals surface area contributed by atoms with E-state index in [-0.39, 0.29) is 5.54 Å². The van der Waals surface area contributed by atoms with Crippen molar-refractivity contribution in [3.8, 4) is 0 Å². The van der Waals surface area contributed by atoms with Crippen LogP contribution in [0.2, 0.25) is 0 Å². The first kappa shape index (κ1) is 12.3. The van der Waals surface area contributed by atoms with Crippen molar-refractivity contribution < 1.29 is 8.42 Å². The first-order chi connectivity index (χ1) is 7.43. The highest BCUT2D eigenvalue weighted by molar-refractivity contribution is 7.91. The van der Waals surface area contributed by atoms with Crippen LogP contribution in [-0.4, -0.2) is 44.6 Å². The molecule has 0 aliphatic carbocycles. The minimum Gasteiger partial charge on any atom is -0.313 e. The minimum absolute atomic E-state index is 0.204. The lowest BCUT2D eigenvalue weighted by molar-refractivity contribution is 0.195. The summed E-state index contributed by atoms with van der Waals surface area (Å²) in [5.74, 6) is 1.20. The number of rotatable bonds is 1. The van der Waals surface area contributed by atoms with E-state index < -0.39 is 9.84 Å². The van der Waals surface area contributed by atoms with E-state index in [0.717, 1.165) is 25.9 Å². The summed E-state index contributed by atoms with van der Waals surface area (Å²) in [6.07, 6.45) is 1.77. The maximum Gasteiger partial charge on any atom is 0.152 e. The van der Waals surface area contributed by atoms with Crippen molar-refractivity contribution in [1.29, 1.82) is 0 Å². The summed E-state index contributed by atoms with van der Waals surface area (Å²) in [7, 11) is -2.84. The molecule has 0 bridgehead atoms. The van der Waals surface area contributed by atoms with Gasteiger partial charge < -0.3 is 10.6 Å². The molecule has 2 rings (SSSR count). The van der Waals surface area contributed by atoms with Crippen LogP contribution in [0.5, 0.6) is 0 Å². The van der Waals surface area contributed by atoms with E-state index in [1.807, 2.05) is 0 Å². The summed E-state index contributed by atoms with van der Waals surface area (Å²) in [4.78, 5) is 0. The van der Waals surface area contributed by atoms with Gasteiger partial charge in [0.15, 0.2) is 9.84 Å². The van der Waals surface area contributed by atoms with Crippen molar-refractivity contribution in [3.05, 3.63) is 0 Å². The lowest BCUT2D eigenvalue weighted by Crippen LogP contribution is -2.68. The monoisotopic (exact) mass is 246 g/mol. The van der Waals surface area contributed by atoms with E-state index in [9.17, 15) is 8.42 Å². The predicted molar refractivity (Wildman–Crippen MR) is 65.3 cm³/mol. The zero-order valence-corrected chi connectivity index (χ0v) is 10.9. The Hall–Kier alpha value is -0.130. The van der Waals surface area contributed by atoms with Crippen LogP contribution >= 0.6 is 0 Å². The molecule has 0 saturated carbocycles. The normalized spacial score (nSPS) is 39.1. The van der Waals surface area contributed by atoms with Crippen LogP contribution in [0.3, 0.4) is 0 Å². The maximum atomic E-state index is 11.7. The van der Waals surface area contributed by atoms with E-state index in [1.54, 1.807) is 0 Å². The van der Waals surface area contributed by atoms with Crippen molar-refractivity contribution in [1.82, 2.24) is 10.6 Å². The smallest absolute Gasteiger partial charge is 0.152 e. The molecule has 4 nitrogen and oxygen atoms in total. The van der Waals surface area contributed by atoms with Gasteiger partial charge in [0.2, 0.25) is 0 Å². The Morgan fingerprint density at radius 3 is 2.75 bits per heavy atom. The molecule has 5 heteroatoms. The van der Waals surface area contributed by atoms with E-state index in [0.29, 0.717) is 23.5 Å². The average Bonchev–Trinajstić information content (AvgIpc) is 2.15. The van der Waals surface area contributed by atoms with Crippen LogP contribution < -0.4 is 10.6 Å². The molecule has 2 saturated heterocycles. The van der Waals surface area contributed by atoms with Gasteiger partial charge in [-0.3, -0.25) is 0 Å². The summed E-state index contributed by atoms with van der Waals surface area (Å²) in [6.45, 7) is 6.08. The predicted octanol–water partition coefficient (Wildman–Crippen LogP) is 0.151. The first-order valence-electron chi connectivity index (χ1n) is 6.11. The van der Waals surface area contributed by atoms with Gasteiger partial charge in [-0.2, -0.15) is 0 Å². The molecule has 1 spiro atoms. The molecule has 16 heavy (non-hydrogen) atoms. The van der Waals surface area contributed by atoms with Crippen molar-refractivity contribution in [2.45, 2.75) is 38.3 Å². The number of nitrogens with one attached hydrogen (secondary N) is 2. The molecule has 1 unspecified atom stereocenters. The fourth-order valence-corrected chi connectivity index (χ4v) is 4.71. The molecular weight excluding hydrogens is 224 g/mol. The summed E-state index contributed by atoms with van der Waals surface area (Å²) < 4.78 is 23.5. The van der Waals surface area contributed by atoms with Gasteiger partial charge >= 0.3 is 0 Å². The van der Waals surface area contributed by atoms with Gasteiger partial charge in [0, 0.05) is 24.7 Å². The van der Waals surface area contributed by atoms with Crippen LogP contribution in [0.25, 0.3) is 0 Å². The lowest BCUT2D eigenvalue weighted by atomic mass is 9.89. The fourth-order valence-electron chi connectivity index (χ4n) is 2.81. The van der Waals surface area contributed by atoms with E-state index in [1.165, 1.54) is 0 Å². The third-order valence-electron chi connectivity index (χ3n) is 3.73. The third-order valence-corrected chi connectivity index (χ3v) is 5.63. The highest BCUT2D eigenvalue weighted by Crippen LogP contribution is 2.26. The van der Waals surface area contributed by atoms with Crippen molar-refractivity contribution in [2.75, 3.05) is 24.6 Å². The van der Waals surface area contributed by atoms with E-state index in [2.05, 4.69) is 24.5 Å². The molecule has 2 aliphatic heterocycles. The number of piperazine rings is 1. The van der Waals surface area contributed by atoms with Gasteiger partial charge in [0.05, 0.1) is 11.5 Å². The minimum atomic E-state index is -2.84. The molecule has 94 valence electrons. The number of sulfone groups is 1. The molecule has 2 aliphatic rings. The van der Waals surface area contributed by atoms with Gasteiger partial charge in [0.25, 0.3) is 0 Å². The van der Waals surface area contributed by atoms with E-state index >= 15 is 0 Å². The zero-order valence-electron chi connectivity index (χ0n) is 10.1. The summed E-state index contributed by atoms with van der Waals surface area (Å²) in [6, 6.07) is 0.391. The van der Waals surface area contributed by atoms with Crippen LogP contribution in [0.15, 0.2) is 0 Å². The quantitative estimate of drug-likeness (QED) is 0.691. The highest BCUT2D eigenvalue weighted by atomic mass is 32.2. The van der Waals surface area contributed by atoms with Gasteiger partial charge in [-0.25, -0.2) is 8.42 Å². The Balaban J connectivity index is 2.12. The number of hydrogen-bond donors (Lipinski definition) is 2. The SMILES string of the molecule is CC(C)[C@@H]1CNCC2(CCCS(=O)(=O)C2)N1. The van der Waals surface area contributed by atoms with E-state index in [4.69, 9.17) is 0 Å². The van der Waals surface area contributed by atoms with Crippen LogP contribution in [0.4, 0.5) is 0 Å². The maximum absolute atomic E-state index is 11.7. The molecule has 0 aromatic heterocycles. The second-order valence-corrected chi connectivity index (χ2v) is 7.79. The summed E-state index contributed by atoms with van der Waals surface area (Å²) in [5.41, 5.74) is -0.204. The van der Waals surface area contributed by atoms with Crippen molar-refractivity contribution in [2.24, 2.45) is 5.92 Å². The Morgan fingerprint density at radius 2 is 2.12 bits per heavy atom. The van der Waals surface area contributed by atoms with Crippen LogP contribution in [0, 0.1) is 5.92 Å². The lowest BCUT2D eigenvalue weighted by Gasteiger charge is -2.46. The molecule has 0 aromatic rings. The van der Waals surface area contributed by atoms with Gasteiger partial charge in [-0.15, -0.1) is 0 Å². The average molecular weight is 246 g/mol. The Bertz CT molecular complexity index is 349. The van der Waals surface area contributed by atoms with Crippen LogP contribution in [0.1, 0.15) is 26.7 Å². The molecule has 2 heterocycles. The van der Waals surface area contributed by atoms with Crippen molar-refractivity contribution >= 4 is 9.84 Å². The Morgan fingerprint density at radius 1 is 1.38 bits per heavy atom. The Labute approximate surface area is 98.1 Å². The Kier molecular flexibility index (Phi) is 3.29. The van der Waals surface area contributed by atoms with Crippen molar-refractivity contribution in [3.63, 3.8) is 0 Å².